The molecule has 0 saturated carbocycles. The minimum atomic E-state index is -1.54. The summed E-state index contributed by atoms with van der Waals surface area (Å²) in [4.78, 5) is 35.3. The van der Waals surface area contributed by atoms with E-state index in [2.05, 4.69) is 0 Å². The Kier molecular flexibility index (Phi) is 11.3. The minimum absolute atomic E-state index is 0.0348. The molecule has 1 aliphatic heterocycles. The maximum atomic E-state index is 12.2. The average molecular weight is 452 g/mol. The van der Waals surface area contributed by atoms with E-state index in [1.807, 2.05) is 0 Å². The highest BCUT2D eigenvalue weighted by molar-refractivity contribution is 5.72. The largest absolute Gasteiger partial charge is 0.463 e. The van der Waals surface area contributed by atoms with Crippen molar-refractivity contribution < 1.29 is 58.5 Å². The molecule has 0 radical (unpaired) electrons. The fraction of sp³-hybridized carbons (Fsp3) is 0.842. The van der Waals surface area contributed by atoms with Crippen molar-refractivity contribution in [2.24, 2.45) is 5.92 Å². The zero-order valence-corrected chi connectivity index (χ0v) is 18.0. The maximum Gasteiger partial charge on any atom is 0.308 e. The van der Waals surface area contributed by atoms with Crippen LogP contribution in [0.5, 0.6) is 0 Å². The number of esters is 3. The smallest absolute Gasteiger partial charge is 0.308 e. The van der Waals surface area contributed by atoms with Gasteiger partial charge in [-0.1, -0.05) is 20.8 Å². The van der Waals surface area contributed by atoms with Gasteiger partial charge in [0.15, 0.2) is 18.5 Å². The van der Waals surface area contributed by atoms with E-state index in [0.717, 1.165) is 6.92 Å². The summed E-state index contributed by atoms with van der Waals surface area (Å²) in [5, 5.41) is 39.0. The van der Waals surface area contributed by atoms with Gasteiger partial charge in [-0.2, -0.15) is 0 Å². The van der Waals surface area contributed by atoms with Crippen LogP contribution in [0.3, 0.4) is 0 Å². The highest BCUT2D eigenvalue weighted by Crippen LogP contribution is 2.28. The lowest BCUT2D eigenvalue weighted by molar-refractivity contribution is -0.311. The van der Waals surface area contributed by atoms with E-state index in [-0.39, 0.29) is 6.42 Å². The van der Waals surface area contributed by atoms with Gasteiger partial charge in [-0.05, 0) is 0 Å². The molecule has 1 aliphatic rings. The Bertz CT molecular complexity index is 594. The molecule has 1 fully saturated rings. The SMILES string of the molecule is CCC(=O)OC1C(OC[C@@H](O)C(O)CO)OC(COC(C)=O)C(O)C1OC(=O)C(C)C. The van der Waals surface area contributed by atoms with Crippen LogP contribution in [0.15, 0.2) is 0 Å². The summed E-state index contributed by atoms with van der Waals surface area (Å²) in [6, 6.07) is 0. The fourth-order valence-electron chi connectivity index (χ4n) is 2.55. The van der Waals surface area contributed by atoms with Crippen LogP contribution < -0.4 is 0 Å². The van der Waals surface area contributed by atoms with Gasteiger partial charge >= 0.3 is 17.9 Å². The molecule has 31 heavy (non-hydrogen) atoms. The number of aliphatic hydroxyl groups is 4. The quantitative estimate of drug-likeness (QED) is 0.206. The molecule has 1 saturated heterocycles. The number of aliphatic hydroxyl groups excluding tert-OH is 4. The molecule has 6 unspecified atom stereocenters. The lowest BCUT2D eigenvalue weighted by atomic mass is 9.98. The summed E-state index contributed by atoms with van der Waals surface area (Å²) in [5.41, 5.74) is 0. The van der Waals surface area contributed by atoms with Gasteiger partial charge in [0.25, 0.3) is 0 Å². The molecule has 7 atom stereocenters. The molecule has 0 aromatic carbocycles. The molecule has 4 N–H and O–H groups in total. The molecule has 0 aliphatic carbocycles. The van der Waals surface area contributed by atoms with Crippen LogP contribution in [0.1, 0.15) is 34.1 Å². The monoisotopic (exact) mass is 452 g/mol. The predicted octanol–water partition coefficient (Wildman–Crippen LogP) is -1.74. The second kappa shape index (κ2) is 12.9. The van der Waals surface area contributed by atoms with Crippen LogP contribution in [0, 0.1) is 5.92 Å². The molecule has 0 amide bonds. The summed E-state index contributed by atoms with van der Waals surface area (Å²) >= 11 is 0. The second-order valence-electron chi connectivity index (χ2n) is 7.35. The normalized spacial score (nSPS) is 28.0. The number of carbonyl (C=O) groups is 3. The molecule has 1 rings (SSSR count). The molecular formula is C19H32O12. The van der Waals surface area contributed by atoms with Crippen molar-refractivity contribution in [3.8, 4) is 0 Å². The summed E-state index contributed by atoms with van der Waals surface area (Å²) in [5.74, 6) is -2.60. The van der Waals surface area contributed by atoms with Crippen LogP contribution in [0.2, 0.25) is 0 Å². The summed E-state index contributed by atoms with van der Waals surface area (Å²) < 4.78 is 26.5. The minimum Gasteiger partial charge on any atom is -0.463 e. The molecule has 0 bridgehead atoms. The topological polar surface area (TPSA) is 178 Å². The summed E-state index contributed by atoms with van der Waals surface area (Å²) in [7, 11) is 0. The zero-order chi connectivity index (χ0) is 23.7. The van der Waals surface area contributed by atoms with Gasteiger partial charge in [0.2, 0.25) is 0 Å². The van der Waals surface area contributed by atoms with Crippen molar-refractivity contribution in [2.45, 2.75) is 77.0 Å². The van der Waals surface area contributed by atoms with Gasteiger partial charge in [-0.3, -0.25) is 14.4 Å². The van der Waals surface area contributed by atoms with Gasteiger partial charge < -0.3 is 44.1 Å². The van der Waals surface area contributed by atoms with E-state index in [4.69, 9.17) is 28.8 Å². The standard InChI is InChI=1S/C19H32O12/c1-5-14(24)30-17-16(31-18(26)9(2)3)15(25)13(8-27-10(4)21)29-19(17)28-7-12(23)11(22)6-20/h9,11-13,15-17,19-20,22-23,25H,5-8H2,1-4H3/t11?,12-,13?,15?,16?,17?,19?/m1/s1. The van der Waals surface area contributed by atoms with Gasteiger partial charge in [0, 0.05) is 13.3 Å². The first kappa shape index (κ1) is 27.2. The predicted molar refractivity (Wildman–Crippen MR) is 101 cm³/mol. The van der Waals surface area contributed by atoms with Crippen molar-refractivity contribution in [1.82, 2.24) is 0 Å². The summed E-state index contributed by atoms with van der Waals surface area (Å²) in [6.07, 6.45) is -10.1. The van der Waals surface area contributed by atoms with Gasteiger partial charge in [-0.15, -0.1) is 0 Å². The van der Waals surface area contributed by atoms with Crippen molar-refractivity contribution in [1.29, 1.82) is 0 Å². The van der Waals surface area contributed by atoms with Gasteiger partial charge in [-0.25, -0.2) is 0 Å². The van der Waals surface area contributed by atoms with Gasteiger partial charge in [0.05, 0.1) is 19.1 Å². The highest BCUT2D eigenvalue weighted by atomic mass is 16.7. The summed E-state index contributed by atoms with van der Waals surface area (Å²) in [6.45, 7) is 4.12. The molecule has 180 valence electrons. The Balaban J connectivity index is 3.15. The number of hydrogen-bond donors (Lipinski definition) is 4. The third kappa shape index (κ3) is 8.31. The van der Waals surface area contributed by atoms with Crippen LogP contribution >= 0.6 is 0 Å². The fourth-order valence-corrected chi connectivity index (χ4v) is 2.55. The Morgan fingerprint density at radius 3 is 2.23 bits per heavy atom. The number of carbonyl (C=O) groups excluding carboxylic acids is 3. The first-order valence-electron chi connectivity index (χ1n) is 9.97. The Hall–Kier alpha value is -1.83. The third-order valence-corrected chi connectivity index (χ3v) is 4.41. The van der Waals surface area contributed by atoms with E-state index in [1.54, 1.807) is 13.8 Å². The number of hydrogen-bond acceptors (Lipinski definition) is 12. The zero-order valence-electron chi connectivity index (χ0n) is 18.0. The molecule has 0 aromatic rings. The first-order valence-corrected chi connectivity index (χ1v) is 9.97. The highest BCUT2D eigenvalue weighted by Gasteiger charge is 2.51. The Morgan fingerprint density at radius 1 is 1.06 bits per heavy atom. The van der Waals surface area contributed by atoms with Crippen LogP contribution in [0.4, 0.5) is 0 Å². The van der Waals surface area contributed by atoms with E-state index < -0.39 is 86.6 Å². The van der Waals surface area contributed by atoms with Gasteiger partial charge in [0.1, 0.15) is 31.0 Å². The van der Waals surface area contributed by atoms with E-state index in [1.165, 1.54) is 6.92 Å². The van der Waals surface area contributed by atoms with E-state index in [0.29, 0.717) is 0 Å². The van der Waals surface area contributed by atoms with E-state index >= 15 is 0 Å². The van der Waals surface area contributed by atoms with Crippen LogP contribution in [-0.4, -0.2) is 101 Å². The maximum absolute atomic E-state index is 12.2. The molecular weight excluding hydrogens is 420 g/mol. The third-order valence-electron chi connectivity index (χ3n) is 4.41. The molecule has 12 heteroatoms. The Labute approximate surface area is 180 Å². The van der Waals surface area contributed by atoms with E-state index in [9.17, 15) is 29.7 Å². The lowest BCUT2D eigenvalue weighted by Gasteiger charge is -2.43. The second-order valence-corrected chi connectivity index (χ2v) is 7.35. The van der Waals surface area contributed by atoms with Crippen molar-refractivity contribution in [3.05, 3.63) is 0 Å². The average Bonchev–Trinajstić information content (AvgIpc) is 2.73. The molecule has 1 heterocycles. The van der Waals surface area contributed by atoms with Crippen molar-refractivity contribution >= 4 is 17.9 Å². The molecule has 0 aromatic heterocycles. The van der Waals surface area contributed by atoms with Crippen LogP contribution in [-0.2, 0) is 38.1 Å². The number of ether oxygens (including phenoxy) is 5. The van der Waals surface area contributed by atoms with Crippen molar-refractivity contribution in [3.63, 3.8) is 0 Å². The Morgan fingerprint density at radius 2 is 1.71 bits per heavy atom. The van der Waals surface area contributed by atoms with Crippen molar-refractivity contribution in [2.75, 3.05) is 19.8 Å². The van der Waals surface area contributed by atoms with Crippen LogP contribution in [0.25, 0.3) is 0 Å². The lowest BCUT2D eigenvalue weighted by Crippen LogP contribution is -2.62. The molecule has 0 spiro atoms. The first-order chi connectivity index (χ1) is 14.5. The number of rotatable bonds is 11. The molecule has 12 nitrogen and oxygen atoms in total.